The first kappa shape index (κ1) is 16.8. The monoisotopic (exact) mass is 378 g/mol. The summed E-state index contributed by atoms with van der Waals surface area (Å²) >= 11 is 6.74. The molecule has 1 heterocycles. The van der Waals surface area contributed by atoms with Gasteiger partial charge in [0, 0.05) is 9.92 Å². The van der Waals surface area contributed by atoms with Gasteiger partial charge in [0.05, 0.1) is 4.90 Å². The molecule has 0 fully saturated rings. The third kappa shape index (κ3) is 3.56. The number of hydrogen-bond acceptors (Lipinski definition) is 5. The Balaban J connectivity index is 1.82. The maximum Gasteiger partial charge on any atom is 0.259 e. The van der Waals surface area contributed by atoms with Gasteiger partial charge in [0.2, 0.25) is 14.9 Å². The van der Waals surface area contributed by atoms with Crippen molar-refractivity contribution in [3.05, 3.63) is 77.5 Å². The Morgan fingerprint density at radius 3 is 2.25 bits per heavy atom. The number of hydrogen-bond donors (Lipinski definition) is 0. The smallest absolute Gasteiger partial charge is 0.259 e. The van der Waals surface area contributed by atoms with Gasteiger partial charge in [-0.05, 0) is 60.3 Å². The Morgan fingerprint density at radius 1 is 0.917 bits per heavy atom. The molecule has 0 spiro atoms. The molecule has 0 aliphatic carbocycles. The number of thioether (sulfide) groups is 1. The summed E-state index contributed by atoms with van der Waals surface area (Å²) in [5.74, 6) is -0.0237. The van der Waals surface area contributed by atoms with E-state index in [1.54, 1.807) is 42.5 Å². The predicted octanol–water partition coefficient (Wildman–Crippen LogP) is 4.70. The highest BCUT2D eigenvalue weighted by atomic mass is 35.5. The van der Waals surface area contributed by atoms with Crippen LogP contribution in [-0.4, -0.2) is 13.5 Å². The van der Waals surface area contributed by atoms with E-state index in [-0.39, 0.29) is 20.9 Å². The second-order valence-corrected chi connectivity index (χ2v) is 8.14. The summed E-state index contributed by atoms with van der Waals surface area (Å²) in [7, 11) is -3.78. The fourth-order valence-electron chi connectivity index (χ4n) is 1.95. The fraction of sp³-hybridized carbons (Fsp3) is 0. The third-order valence-corrected chi connectivity index (χ3v) is 5.91. The Hall–Kier alpha value is -2.02. The van der Waals surface area contributed by atoms with Crippen molar-refractivity contribution in [3.63, 3.8) is 0 Å². The zero-order valence-corrected chi connectivity index (χ0v) is 14.6. The molecule has 2 aromatic carbocycles. The maximum absolute atomic E-state index is 12.4. The van der Waals surface area contributed by atoms with Gasteiger partial charge in [-0.15, -0.1) is 0 Å². The highest BCUT2D eigenvalue weighted by molar-refractivity contribution is 8.14. The van der Waals surface area contributed by atoms with Gasteiger partial charge < -0.3 is 4.42 Å². The SMILES string of the molecule is O=C(Sc1ccc(Cl)cc1)c1ccc(S(=O)(=O)c2ccccc2)o1. The molecule has 0 bridgehead atoms. The largest absolute Gasteiger partial charge is 0.440 e. The minimum atomic E-state index is -3.78. The van der Waals surface area contributed by atoms with E-state index in [1.807, 2.05) is 0 Å². The van der Waals surface area contributed by atoms with Crippen LogP contribution in [0, 0.1) is 0 Å². The second kappa shape index (κ2) is 6.84. The molecule has 0 unspecified atom stereocenters. The summed E-state index contributed by atoms with van der Waals surface area (Å²) < 4.78 is 30.2. The van der Waals surface area contributed by atoms with E-state index in [0.29, 0.717) is 9.92 Å². The average Bonchev–Trinajstić information content (AvgIpc) is 3.09. The summed E-state index contributed by atoms with van der Waals surface area (Å²) in [4.78, 5) is 13.0. The molecule has 0 radical (unpaired) electrons. The van der Waals surface area contributed by atoms with E-state index < -0.39 is 9.84 Å². The van der Waals surface area contributed by atoms with Crippen LogP contribution >= 0.6 is 23.4 Å². The number of carbonyl (C=O) groups is 1. The van der Waals surface area contributed by atoms with Crippen LogP contribution in [0.3, 0.4) is 0 Å². The first-order valence-corrected chi connectivity index (χ1v) is 9.52. The third-order valence-electron chi connectivity index (χ3n) is 3.13. The predicted molar refractivity (Wildman–Crippen MR) is 92.2 cm³/mol. The quantitative estimate of drug-likeness (QED) is 0.616. The minimum absolute atomic E-state index is 0.0237. The van der Waals surface area contributed by atoms with Crippen molar-refractivity contribution in [1.82, 2.24) is 0 Å². The lowest BCUT2D eigenvalue weighted by atomic mass is 10.4. The van der Waals surface area contributed by atoms with Crippen LogP contribution in [0.1, 0.15) is 10.6 Å². The molecule has 3 aromatic rings. The highest BCUT2D eigenvalue weighted by Crippen LogP contribution is 2.28. The van der Waals surface area contributed by atoms with Crippen molar-refractivity contribution in [2.24, 2.45) is 0 Å². The molecule has 4 nitrogen and oxygen atoms in total. The number of rotatable bonds is 4. The zero-order valence-electron chi connectivity index (χ0n) is 12.2. The highest BCUT2D eigenvalue weighted by Gasteiger charge is 2.23. The van der Waals surface area contributed by atoms with Crippen molar-refractivity contribution in [3.8, 4) is 0 Å². The Labute approximate surface area is 148 Å². The van der Waals surface area contributed by atoms with Crippen LogP contribution in [0.2, 0.25) is 5.02 Å². The molecule has 0 atom stereocenters. The van der Waals surface area contributed by atoms with E-state index in [2.05, 4.69) is 0 Å². The summed E-state index contributed by atoms with van der Waals surface area (Å²) in [5.41, 5.74) is 0. The lowest BCUT2D eigenvalue weighted by molar-refractivity contribution is 0.106. The van der Waals surface area contributed by atoms with Crippen molar-refractivity contribution in [1.29, 1.82) is 0 Å². The van der Waals surface area contributed by atoms with E-state index in [9.17, 15) is 13.2 Å². The van der Waals surface area contributed by atoms with Gasteiger partial charge in [0.15, 0.2) is 5.76 Å². The average molecular weight is 379 g/mol. The van der Waals surface area contributed by atoms with E-state index in [1.165, 1.54) is 24.3 Å². The summed E-state index contributed by atoms with van der Waals surface area (Å²) in [6, 6.07) is 17.3. The second-order valence-electron chi connectivity index (χ2n) is 4.78. The van der Waals surface area contributed by atoms with E-state index >= 15 is 0 Å². The lowest BCUT2D eigenvalue weighted by Gasteiger charge is -2.01. The van der Waals surface area contributed by atoms with Gasteiger partial charge in [0.1, 0.15) is 0 Å². The molecule has 0 saturated heterocycles. The number of benzene rings is 2. The van der Waals surface area contributed by atoms with E-state index in [4.69, 9.17) is 16.0 Å². The van der Waals surface area contributed by atoms with Gasteiger partial charge >= 0.3 is 0 Å². The molecule has 0 amide bonds. The van der Waals surface area contributed by atoms with Crippen LogP contribution in [0.25, 0.3) is 0 Å². The normalized spacial score (nSPS) is 11.4. The molecule has 0 aliphatic heterocycles. The van der Waals surface area contributed by atoms with Crippen molar-refractivity contribution < 1.29 is 17.6 Å². The minimum Gasteiger partial charge on any atom is -0.440 e. The molecular formula is C17H11ClO4S2. The molecule has 3 rings (SSSR count). The molecule has 1 aromatic heterocycles. The van der Waals surface area contributed by atoms with Crippen molar-refractivity contribution in [2.75, 3.05) is 0 Å². The molecule has 122 valence electrons. The van der Waals surface area contributed by atoms with Crippen LogP contribution in [0.15, 0.2) is 86.0 Å². The van der Waals surface area contributed by atoms with Crippen molar-refractivity contribution >= 4 is 38.3 Å². The Kier molecular flexibility index (Phi) is 4.80. The zero-order chi connectivity index (χ0) is 17.2. The first-order chi connectivity index (χ1) is 11.5. The van der Waals surface area contributed by atoms with Crippen LogP contribution in [0.5, 0.6) is 0 Å². The van der Waals surface area contributed by atoms with Crippen LogP contribution in [0.4, 0.5) is 0 Å². The molecular weight excluding hydrogens is 368 g/mol. The van der Waals surface area contributed by atoms with Gasteiger partial charge in [-0.25, -0.2) is 8.42 Å². The van der Waals surface area contributed by atoms with Gasteiger partial charge in [-0.2, -0.15) is 0 Å². The molecule has 0 saturated carbocycles. The number of halogens is 1. The summed E-state index contributed by atoms with van der Waals surface area (Å²) in [6.45, 7) is 0. The van der Waals surface area contributed by atoms with E-state index in [0.717, 1.165) is 11.8 Å². The van der Waals surface area contributed by atoms with Gasteiger partial charge in [0.25, 0.3) is 5.12 Å². The van der Waals surface area contributed by atoms with Gasteiger partial charge in [-0.3, -0.25) is 4.79 Å². The number of sulfone groups is 1. The molecule has 24 heavy (non-hydrogen) atoms. The molecule has 0 aliphatic rings. The lowest BCUT2D eigenvalue weighted by Crippen LogP contribution is -2.00. The summed E-state index contributed by atoms with van der Waals surface area (Å²) in [5, 5.41) is -0.0679. The number of furan rings is 1. The Bertz CT molecular complexity index is 961. The Morgan fingerprint density at radius 2 is 1.58 bits per heavy atom. The van der Waals surface area contributed by atoms with Crippen LogP contribution < -0.4 is 0 Å². The fourth-order valence-corrected chi connectivity index (χ4v) is 3.97. The van der Waals surface area contributed by atoms with Crippen LogP contribution in [-0.2, 0) is 9.84 Å². The first-order valence-electron chi connectivity index (χ1n) is 6.84. The summed E-state index contributed by atoms with van der Waals surface area (Å²) in [6.07, 6.45) is 0. The van der Waals surface area contributed by atoms with Crippen molar-refractivity contribution in [2.45, 2.75) is 14.9 Å². The molecule has 0 N–H and O–H groups in total. The number of carbonyl (C=O) groups excluding carboxylic acids is 1. The maximum atomic E-state index is 12.4. The standard InChI is InChI=1S/C17H11ClO4S2/c18-12-6-8-13(9-7-12)23-17(19)15-10-11-16(22-15)24(20,21)14-4-2-1-3-5-14/h1-11H. The molecule has 7 heteroatoms. The van der Waals surface area contributed by atoms with Gasteiger partial charge in [-0.1, -0.05) is 29.8 Å². The topological polar surface area (TPSA) is 64.3 Å².